The molecule has 0 radical (unpaired) electrons. The molecule has 0 amide bonds. The van der Waals surface area contributed by atoms with Gasteiger partial charge in [-0.05, 0) is 36.3 Å². The Kier molecular flexibility index (Phi) is 3.31. The highest BCUT2D eigenvalue weighted by atomic mass is 32.2. The van der Waals surface area contributed by atoms with E-state index in [4.69, 9.17) is 0 Å². The van der Waals surface area contributed by atoms with Crippen LogP contribution in [-0.4, -0.2) is 26.4 Å². The Balaban J connectivity index is 2.10. The Morgan fingerprint density at radius 1 is 1.16 bits per heavy atom. The van der Waals surface area contributed by atoms with E-state index in [2.05, 4.69) is 24.6 Å². The van der Waals surface area contributed by atoms with Gasteiger partial charge >= 0.3 is 0 Å². The molecule has 1 N–H and O–H groups in total. The second-order valence-electron chi connectivity index (χ2n) is 3.83. The van der Waals surface area contributed by atoms with Gasteiger partial charge in [-0.3, -0.25) is 0 Å². The Bertz CT molecular complexity index is 725. The van der Waals surface area contributed by atoms with Crippen LogP contribution in [-0.2, 0) is 0 Å². The quantitative estimate of drug-likeness (QED) is 0.748. The van der Waals surface area contributed by atoms with E-state index in [9.17, 15) is 0 Å². The zero-order chi connectivity index (χ0) is 13.2. The van der Waals surface area contributed by atoms with Crippen molar-refractivity contribution in [2.24, 2.45) is 0 Å². The normalized spacial score (nSPS) is 10.8. The average Bonchev–Trinajstić information content (AvgIpc) is 2.84. The lowest BCUT2D eigenvalue weighted by atomic mass is 10.2. The number of fused-ring (bicyclic) bond motifs is 1. The maximum atomic E-state index is 4.50. The van der Waals surface area contributed by atoms with Crippen molar-refractivity contribution in [3.63, 3.8) is 0 Å². The predicted molar refractivity (Wildman–Crippen MR) is 77.9 cm³/mol. The Morgan fingerprint density at radius 2 is 2.00 bits per heavy atom. The van der Waals surface area contributed by atoms with Gasteiger partial charge in [0.25, 0.3) is 0 Å². The number of rotatable bonds is 3. The first-order valence-corrected chi connectivity index (χ1v) is 7.28. The lowest BCUT2D eigenvalue weighted by Crippen LogP contribution is -1.98. The molecule has 1 aromatic carbocycles. The number of nitrogens with one attached hydrogen (secondary N) is 1. The molecule has 2 aromatic heterocycles. The molecular formula is C12H11N5S2. The predicted octanol–water partition coefficient (Wildman–Crippen LogP) is 2.98. The summed E-state index contributed by atoms with van der Waals surface area (Å²) in [5, 5.41) is 4.90. The van der Waals surface area contributed by atoms with Crippen molar-refractivity contribution in [3.8, 4) is 0 Å². The summed E-state index contributed by atoms with van der Waals surface area (Å²) in [6.07, 6.45) is 0. The molecule has 3 aromatic rings. The molecule has 0 aliphatic heterocycles. The second kappa shape index (κ2) is 5.10. The van der Waals surface area contributed by atoms with Crippen LogP contribution in [0.1, 0.15) is 5.82 Å². The number of anilines is 1. The second-order valence-corrected chi connectivity index (χ2v) is 5.82. The lowest BCUT2D eigenvalue weighted by Gasteiger charge is -2.06. The van der Waals surface area contributed by atoms with Crippen molar-refractivity contribution in [2.75, 3.05) is 12.4 Å². The summed E-state index contributed by atoms with van der Waals surface area (Å²) in [7, 11) is 1.81. The van der Waals surface area contributed by atoms with E-state index < -0.39 is 0 Å². The van der Waals surface area contributed by atoms with Crippen molar-refractivity contribution in [2.45, 2.75) is 16.3 Å². The summed E-state index contributed by atoms with van der Waals surface area (Å²) in [4.78, 5) is 13.3. The van der Waals surface area contributed by atoms with Crippen molar-refractivity contribution in [1.82, 2.24) is 19.3 Å². The number of hydrogen-bond donors (Lipinski definition) is 1. The first kappa shape index (κ1) is 12.3. The van der Waals surface area contributed by atoms with Gasteiger partial charge in [0, 0.05) is 12.4 Å². The van der Waals surface area contributed by atoms with Gasteiger partial charge in [-0.1, -0.05) is 18.2 Å². The van der Waals surface area contributed by atoms with E-state index in [1.54, 1.807) is 0 Å². The van der Waals surface area contributed by atoms with Crippen LogP contribution in [0.15, 0.2) is 33.6 Å². The van der Waals surface area contributed by atoms with Gasteiger partial charge in [0.2, 0.25) is 5.95 Å². The molecule has 0 aliphatic rings. The van der Waals surface area contributed by atoms with Crippen LogP contribution < -0.4 is 5.32 Å². The lowest BCUT2D eigenvalue weighted by molar-refractivity contribution is 1.07. The van der Waals surface area contributed by atoms with Crippen LogP contribution in [0, 0.1) is 6.92 Å². The molecule has 0 bridgehead atoms. The third kappa shape index (κ3) is 2.52. The van der Waals surface area contributed by atoms with Crippen molar-refractivity contribution in [1.29, 1.82) is 0 Å². The van der Waals surface area contributed by atoms with Crippen LogP contribution in [0.4, 0.5) is 5.95 Å². The average molecular weight is 289 g/mol. The summed E-state index contributed by atoms with van der Waals surface area (Å²) in [5.74, 6) is 1.40. The molecule has 0 saturated heterocycles. The summed E-state index contributed by atoms with van der Waals surface area (Å²) in [5.41, 5.74) is 0.922. The molecule has 3 rings (SSSR count). The highest BCUT2D eigenvalue weighted by Crippen LogP contribution is 2.32. The van der Waals surface area contributed by atoms with Gasteiger partial charge in [-0.2, -0.15) is 4.37 Å². The summed E-state index contributed by atoms with van der Waals surface area (Å²) in [6, 6.07) is 7.96. The van der Waals surface area contributed by atoms with Crippen LogP contribution in [0.2, 0.25) is 0 Å². The molecule has 0 fully saturated rings. The first-order valence-electron chi connectivity index (χ1n) is 5.69. The molecule has 5 nitrogen and oxygen atoms in total. The van der Waals surface area contributed by atoms with Crippen molar-refractivity contribution in [3.05, 3.63) is 30.1 Å². The zero-order valence-electron chi connectivity index (χ0n) is 10.4. The number of aryl methyl sites for hydroxylation is 1. The van der Waals surface area contributed by atoms with Crippen molar-refractivity contribution >= 4 is 40.1 Å². The first-order chi connectivity index (χ1) is 9.26. The molecule has 19 heavy (non-hydrogen) atoms. The van der Waals surface area contributed by atoms with E-state index in [0.29, 0.717) is 5.95 Å². The molecule has 0 saturated carbocycles. The fraction of sp³-hybridized carbons (Fsp3) is 0.167. The van der Waals surface area contributed by atoms with E-state index >= 15 is 0 Å². The summed E-state index contributed by atoms with van der Waals surface area (Å²) < 4.78 is 5.08. The SMILES string of the molecule is CNc1nc(Sc2nc(C)ns2)c2ccccc2n1. The number of aromatic nitrogens is 4. The Morgan fingerprint density at radius 3 is 2.74 bits per heavy atom. The minimum Gasteiger partial charge on any atom is -0.357 e. The van der Waals surface area contributed by atoms with Gasteiger partial charge in [-0.15, -0.1) is 0 Å². The van der Waals surface area contributed by atoms with Gasteiger partial charge in [0.05, 0.1) is 5.52 Å². The molecule has 96 valence electrons. The molecule has 0 spiro atoms. The van der Waals surface area contributed by atoms with E-state index in [1.807, 2.05) is 38.2 Å². The van der Waals surface area contributed by atoms with Gasteiger partial charge < -0.3 is 5.32 Å². The fourth-order valence-electron chi connectivity index (χ4n) is 1.64. The standard InChI is InChI=1S/C12H11N5S2/c1-7-14-12(19-17-7)18-10-8-5-3-4-6-9(8)15-11(13-2)16-10/h3-6H,1-2H3,(H,13,15,16). The Labute approximate surface area is 118 Å². The minimum absolute atomic E-state index is 0.613. The topological polar surface area (TPSA) is 63.6 Å². The summed E-state index contributed by atoms with van der Waals surface area (Å²) >= 11 is 2.91. The number of benzene rings is 1. The minimum atomic E-state index is 0.613. The fourth-order valence-corrected chi connectivity index (χ4v) is 3.32. The number of nitrogens with zero attached hydrogens (tertiary/aromatic N) is 4. The summed E-state index contributed by atoms with van der Waals surface area (Å²) in [6.45, 7) is 1.89. The third-order valence-corrected chi connectivity index (χ3v) is 4.33. The van der Waals surface area contributed by atoms with Gasteiger partial charge in [-0.25, -0.2) is 15.0 Å². The molecule has 0 aliphatic carbocycles. The highest BCUT2D eigenvalue weighted by molar-refractivity contribution is 8.01. The maximum Gasteiger partial charge on any atom is 0.224 e. The van der Waals surface area contributed by atoms with Crippen molar-refractivity contribution < 1.29 is 0 Å². The third-order valence-electron chi connectivity index (χ3n) is 2.48. The van der Waals surface area contributed by atoms with Gasteiger partial charge in [0.15, 0.2) is 4.34 Å². The zero-order valence-corrected chi connectivity index (χ0v) is 12.0. The maximum absolute atomic E-state index is 4.50. The largest absolute Gasteiger partial charge is 0.357 e. The van der Waals surface area contributed by atoms with Crippen LogP contribution in [0.25, 0.3) is 10.9 Å². The molecule has 0 unspecified atom stereocenters. The molecule has 0 atom stereocenters. The molecular weight excluding hydrogens is 278 g/mol. The van der Waals surface area contributed by atoms with Crippen LogP contribution >= 0.6 is 23.3 Å². The molecule has 7 heteroatoms. The van der Waals surface area contributed by atoms with E-state index in [1.165, 1.54) is 23.3 Å². The van der Waals surface area contributed by atoms with E-state index in [0.717, 1.165) is 26.1 Å². The highest BCUT2D eigenvalue weighted by Gasteiger charge is 2.10. The Hall–Kier alpha value is -1.73. The van der Waals surface area contributed by atoms with E-state index in [-0.39, 0.29) is 0 Å². The van der Waals surface area contributed by atoms with Gasteiger partial charge in [0.1, 0.15) is 10.9 Å². The monoisotopic (exact) mass is 289 g/mol. The molecule has 2 heterocycles. The van der Waals surface area contributed by atoms with Crippen LogP contribution in [0.5, 0.6) is 0 Å². The van der Waals surface area contributed by atoms with Crippen LogP contribution in [0.3, 0.4) is 0 Å². The smallest absolute Gasteiger partial charge is 0.224 e. The number of para-hydroxylation sites is 1. The number of hydrogen-bond acceptors (Lipinski definition) is 7.